The van der Waals surface area contributed by atoms with E-state index < -0.39 is 10.0 Å². The van der Waals surface area contributed by atoms with E-state index in [1.165, 1.54) is 7.11 Å². The van der Waals surface area contributed by atoms with Gasteiger partial charge in [-0.2, -0.15) is 0 Å². The number of anilines is 6. The van der Waals surface area contributed by atoms with Gasteiger partial charge in [-0.05, 0) is 24.3 Å². The third-order valence-electron chi connectivity index (χ3n) is 5.15. The summed E-state index contributed by atoms with van der Waals surface area (Å²) in [7, 11) is 1.72. The van der Waals surface area contributed by atoms with E-state index in [-0.39, 0.29) is 5.91 Å². The van der Waals surface area contributed by atoms with Gasteiger partial charge in [-0.25, -0.2) is 13.4 Å². The van der Waals surface area contributed by atoms with Crippen molar-refractivity contribution in [2.45, 2.75) is 0 Å². The number of sulfonamides is 1. The van der Waals surface area contributed by atoms with Crippen molar-refractivity contribution in [2.24, 2.45) is 0 Å². The van der Waals surface area contributed by atoms with Gasteiger partial charge in [0.05, 0.1) is 53.6 Å². The summed E-state index contributed by atoms with van der Waals surface area (Å²) in [5.41, 5.74) is 3.89. The minimum atomic E-state index is -3.40. The summed E-state index contributed by atoms with van der Waals surface area (Å²) in [6.45, 7) is 0. The lowest BCUT2D eigenvalue weighted by Crippen LogP contribution is -2.25. The summed E-state index contributed by atoms with van der Waals surface area (Å²) in [6.07, 6.45) is 2.73. The summed E-state index contributed by atoms with van der Waals surface area (Å²) in [5.74, 6) is 0.878. The van der Waals surface area contributed by atoms with Gasteiger partial charge in [-0.15, -0.1) is 0 Å². The molecule has 2 N–H and O–H groups in total. The molecule has 0 fully saturated rings. The van der Waals surface area contributed by atoms with Crippen LogP contribution >= 0.6 is 0 Å². The molecule has 0 spiro atoms. The Morgan fingerprint density at radius 3 is 2.44 bits per heavy atom. The minimum Gasteiger partial charge on any atom is -0.494 e. The largest absolute Gasteiger partial charge is 0.494 e. The highest BCUT2D eigenvalue weighted by atomic mass is 32.2. The molecule has 0 saturated carbocycles. The molecule has 0 saturated heterocycles. The van der Waals surface area contributed by atoms with Gasteiger partial charge < -0.3 is 19.9 Å². The average Bonchev–Trinajstić information content (AvgIpc) is 2.84. The molecule has 32 heavy (non-hydrogen) atoms. The van der Waals surface area contributed by atoms with Crippen LogP contribution in [0.3, 0.4) is 0 Å². The fourth-order valence-electron chi connectivity index (χ4n) is 3.61. The molecule has 0 unspecified atom stereocenters. The number of nitrogens with zero attached hydrogens (tertiary/aromatic N) is 3. The van der Waals surface area contributed by atoms with Crippen LogP contribution in [0.25, 0.3) is 0 Å². The zero-order chi connectivity index (χ0) is 23.0. The maximum atomic E-state index is 12.9. The molecule has 0 atom stereocenters. The number of carbonyl (C=O) groups excluding carboxylic acids is 1. The normalized spacial score (nSPS) is 13.2. The van der Waals surface area contributed by atoms with E-state index in [9.17, 15) is 13.2 Å². The molecule has 0 radical (unpaired) electrons. The summed E-state index contributed by atoms with van der Waals surface area (Å²) >= 11 is 0. The van der Waals surface area contributed by atoms with E-state index in [0.29, 0.717) is 34.2 Å². The number of ether oxygens (including phenoxy) is 1. The van der Waals surface area contributed by atoms with E-state index in [4.69, 9.17) is 4.74 Å². The number of aromatic nitrogens is 1. The van der Waals surface area contributed by atoms with Gasteiger partial charge in [0, 0.05) is 26.2 Å². The highest BCUT2D eigenvalue weighted by Gasteiger charge is 2.27. The number of carbonyl (C=O) groups is 1. The Morgan fingerprint density at radius 1 is 0.969 bits per heavy atom. The molecule has 3 aromatic rings. The quantitative estimate of drug-likeness (QED) is 0.609. The van der Waals surface area contributed by atoms with Crippen molar-refractivity contribution in [1.29, 1.82) is 0 Å². The van der Waals surface area contributed by atoms with Crippen LogP contribution in [0.4, 0.5) is 34.3 Å². The lowest BCUT2D eigenvalue weighted by Gasteiger charge is -2.23. The third-order valence-corrected chi connectivity index (χ3v) is 5.76. The first kappa shape index (κ1) is 21.4. The predicted octanol–water partition coefficient (Wildman–Crippen LogP) is 3.56. The number of pyridine rings is 1. The lowest BCUT2D eigenvalue weighted by atomic mass is 10.1. The number of hydrogen-bond acceptors (Lipinski definition) is 7. The van der Waals surface area contributed by atoms with Crippen molar-refractivity contribution >= 4 is 50.2 Å². The van der Waals surface area contributed by atoms with E-state index in [1.54, 1.807) is 42.4 Å². The molecule has 9 nitrogen and oxygen atoms in total. The van der Waals surface area contributed by atoms with Crippen molar-refractivity contribution in [1.82, 2.24) is 4.98 Å². The molecule has 1 amide bonds. The Labute approximate surface area is 186 Å². The van der Waals surface area contributed by atoms with E-state index in [0.717, 1.165) is 17.6 Å². The van der Waals surface area contributed by atoms with Crippen LogP contribution in [-0.2, 0) is 10.0 Å². The number of fused-ring (bicyclic) bond motifs is 2. The first-order valence-electron chi connectivity index (χ1n) is 9.71. The maximum absolute atomic E-state index is 12.9. The Hall–Kier alpha value is -3.79. The molecule has 1 aliphatic rings. The van der Waals surface area contributed by atoms with E-state index in [2.05, 4.69) is 15.0 Å². The smallest absolute Gasteiger partial charge is 0.260 e. The first-order valence-corrected chi connectivity index (χ1v) is 11.6. The highest BCUT2D eigenvalue weighted by molar-refractivity contribution is 7.92. The van der Waals surface area contributed by atoms with Gasteiger partial charge in [0.15, 0.2) is 0 Å². The number of amides is 1. The predicted molar refractivity (Wildman–Crippen MR) is 126 cm³/mol. The number of benzene rings is 2. The third kappa shape index (κ3) is 4.04. The lowest BCUT2D eigenvalue weighted by molar-refractivity contribution is 0.0994. The minimum absolute atomic E-state index is 0.107. The first-order chi connectivity index (χ1) is 15.2. The number of rotatable bonds is 5. The van der Waals surface area contributed by atoms with Crippen LogP contribution in [0.2, 0.25) is 0 Å². The van der Waals surface area contributed by atoms with Crippen molar-refractivity contribution in [2.75, 3.05) is 47.3 Å². The Bertz CT molecular complexity index is 1310. The van der Waals surface area contributed by atoms with Gasteiger partial charge in [0.1, 0.15) is 11.6 Å². The van der Waals surface area contributed by atoms with E-state index in [1.807, 2.05) is 36.2 Å². The van der Waals surface area contributed by atoms with Gasteiger partial charge in [-0.1, -0.05) is 12.1 Å². The summed E-state index contributed by atoms with van der Waals surface area (Å²) < 4.78 is 30.8. The SMILES string of the molecule is COc1cc(NS(C)(=O)=O)ccc1Nc1cc2c(cn1)N(C)C(=O)c1ccccc1N2C. The van der Waals surface area contributed by atoms with Crippen LogP contribution in [0.5, 0.6) is 5.75 Å². The molecule has 0 bridgehead atoms. The molecular formula is C22H23N5O4S. The second-order valence-corrected chi connectivity index (χ2v) is 9.16. The fourth-order valence-corrected chi connectivity index (χ4v) is 4.16. The monoisotopic (exact) mass is 453 g/mol. The number of para-hydroxylation sites is 1. The number of hydrogen-bond donors (Lipinski definition) is 2. The molecule has 4 rings (SSSR count). The van der Waals surface area contributed by atoms with Crippen molar-refractivity contribution in [3.05, 3.63) is 60.3 Å². The van der Waals surface area contributed by atoms with Gasteiger partial charge in [0.2, 0.25) is 10.0 Å². The highest BCUT2D eigenvalue weighted by Crippen LogP contribution is 2.40. The molecule has 10 heteroatoms. The maximum Gasteiger partial charge on any atom is 0.260 e. The molecule has 0 aliphatic carbocycles. The second-order valence-electron chi connectivity index (χ2n) is 7.41. The summed E-state index contributed by atoms with van der Waals surface area (Å²) in [6, 6.07) is 14.2. The van der Waals surface area contributed by atoms with Crippen molar-refractivity contribution in [3.63, 3.8) is 0 Å². The number of methoxy groups -OCH3 is 1. The fraction of sp³-hybridized carbons (Fsp3) is 0.182. The second kappa shape index (κ2) is 8.04. The van der Waals surface area contributed by atoms with Crippen LogP contribution in [0, 0.1) is 0 Å². The topological polar surface area (TPSA) is 104 Å². The molecule has 1 aliphatic heterocycles. The number of nitrogens with one attached hydrogen (secondary N) is 2. The molecular weight excluding hydrogens is 430 g/mol. The summed E-state index contributed by atoms with van der Waals surface area (Å²) in [5, 5.41) is 3.21. The van der Waals surface area contributed by atoms with Crippen molar-refractivity contribution < 1.29 is 17.9 Å². The van der Waals surface area contributed by atoms with Crippen LogP contribution < -0.4 is 24.6 Å². The molecule has 2 heterocycles. The van der Waals surface area contributed by atoms with Gasteiger partial charge in [-0.3, -0.25) is 9.52 Å². The zero-order valence-corrected chi connectivity index (χ0v) is 18.9. The average molecular weight is 454 g/mol. The zero-order valence-electron chi connectivity index (χ0n) is 18.1. The van der Waals surface area contributed by atoms with Crippen LogP contribution in [-0.4, -0.2) is 46.8 Å². The Kier molecular flexibility index (Phi) is 5.39. The van der Waals surface area contributed by atoms with Crippen molar-refractivity contribution in [3.8, 4) is 5.75 Å². The molecule has 2 aromatic carbocycles. The Morgan fingerprint density at radius 2 is 1.72 bits per heavy atom. The van der Waals surface area contributed by atoms with E-state index >= 15 is 0 Å². The standard InChI is InChI=1S/C22H23N5O4S/c1-26-17-8-6-5-7-15(17)22(28)27(2)19-13-23-21(12-18(19)26)24-16-10-9-14(11-20(16)31-3)25-32(4,29)30/h5-13,25H,1-4H3,(H,23,24). The van der Waals surface area contributed by atoms with Crippen LogP contribution in [0.15, 0.2) is 54.7 Å². The Balaban J connectivity index is 1.71. The van der Waals surface area contributed by atoms with Gasteiger partial charge >= 0.3 is 0 Å². The summed E-state index contributed by atoms with van der Waals surface area (Å²) in [4.78, 5) is 20.9. The molecule has 1 aromatic heterocycles. The van der Waals surface area contributed by atoms with Gasteiger partial charge in [0.25, 0.3) is 5.91 Å². The van der Waals surface area contributed by atoms with Crippen LogP contribution in [0.1, 0.15) is 10.4 Å². The molecule has 166 valence electrons.